The molecule has 0 saturated heterocycles. The van der Waals surface area contributed by atoms with Crippen molar-refractivity contribution in [3.63, 3.8) is 0 Å². The summed E-state index contributed by atoms with van der Waals surface area (Å²) in [5, 5.41) is 1.36. The molecule has 5 nitrogen and oxygen atoms in total. The summed E-state index contributed by atoms with van der Waals surface area (Å²) in [6.45, 7) is 2.03. The molecule has 0 bridgehead atoms. The highest BCUT2D eigenvalue weighted by molar-refractivity contribution is 6.10. The number of nitrogens with zero attached hydrogens (tertiary/aromatic N) is 1. The average molecular weight is 231 g/mol. The Bertz CT molecular complexity index is 581. The summed E-state index contributed by atoms with van der Waals surface area (Å²) in [6, 6.07) is 7.20. The topological polar surface area (TPSA) is 91.2 Å². The number of hydrogen-bond donors (Lipinski definition) is 2. The van der Waals surface area contributed by atoms with Gasteiger partial charge >= 0.3 is 5.97 Å². The molecule has 1 heterocycles. The van der Waals surface area contributed by atoms with Crippen LogP contribution >= 0.6 is 0 Å². The Kier molecular flexibility index (Phi) is 2.82. The summed E-state index contributed by atoms with van der Waals surface area (Å²) in [7, 11) is 0. The van der Waals surface area contributed by atoms with Gasteiger partial charge in [-0.2, -0.15) is 0 Å². The van der Waals surface area contributed by atoms with Crippen LogP contribution in [0.3, 0.4) is 0 Å². The zero-order chi connectivity index (χ0) is 12.4. The van der Waals surface area contributed by atoms with Crippen LogP contribution in [0.25, 0.3) is 10.8 Å². The normalized spacial score (nSPS) is 10.4. The first-order valence-electron chi connectivity index (χ1n) is 5.26. The summed E-state index contributed by atoms with van der Waals surface area (Å²) in [5.41, 5.74) is 11.8. The summed E-state index contributed by atoms with van der Waals surface area (Å²) in [4.78, 5) is 15.8. The van der Waals surface area contributed by atoms with Crippen LogP contribution in [0.1, 0.15) is 17.3 Å². The molecule has 2 rings (SSSR count). The molecule has 0 aliphatic rings. The van der Waals surface area contributed by atoms with E-state index in [0.717, 1.165) is 0 Å². The van der Waals surface area contributed by atoms with Gasteiger partial charge in [-0.3, -0.25) is 0 Å². The van der Waals surface area contributed by atoms with Crippen LogP contribution in [0.15, 0.2) is 24.3 Å². The maximum Gasteiger partial charge on any atom is 0.342 e. The summed E-state index contributed by atoms with van der Waals surface area (Å²) in [6.07, 6.45) is 0. The summed E-state index contributed by atoms with van der Waals surface area (Å²) >= 11 is 0. The number of ether oxygens (including phenoxy) is 1. The van der Waals surface area contributed by atoms with Crippen molar-refractivity contribution in [2.75, 3.05) is 18.1 Å². The highest BCUT2D eigenvalue weighted by Gasteiger charge is 2.17. The number of anilines is 2. The summed E-state index contributed by atoms with van der Waals surface area (Å²) in [5.74, 6) is -0.0699. The van der Waals surface area contributed by atoms with E-state index in [9.17, 15) is 4.79 Å². The van der Waals surface area contributed by atoms with Crippen LogP contribution in [-0.4, -0.2) is 17.6 Å². The molecule has 2 aromatic rings. The molecule has 5 heteroatoms. The van der Waals surface area contributed by atoms with E-state index in [0.29, 0.717) is 16.6 Å². The molecule has 0 aliphatic heterocycles. The van der Waals surface area contributed by atoms with Crippen LogP contribution < -0.4 is 11.5 Å². The number of rotatable bonds is 2. The number of benzene rings is 1. The monoisotopic (exact) mass is 231 g/mol. The van der Waals surface area contributed by atoms with E-state index in [1.54, 1.807) is 19.1 Å². The largest absolute Gasteiger partial charge is 0.462 e. The maximum atomic E-state index is 11.8. The molecule has 0 unspecified atom stereocenters. The predicted molar refractivity (Wildman–Crippen MR) is 66.5 cm³/mol. The summed E-state index contributed by atoms with van der Waals surface area (Å²) < 4.78 is 4.96. The molecule has 0 amide bonds. The van der Waals surface area contributed by atoms with E-state index in [-0.39, 0.29) is 18.0 Å². The lowest BCUT2D eigenvalue weighted by atomic mass is 10.1. The Morgan fingerprint density at radius 2 is 1.88 bits per heavy atom. The fourth-order valence-corrected chi connectivity index (χ4v) is 1.73. The first-order chi connectivity index (χ1) is 8.15. The van der Waals surface area contributed by atoms with Crippen molar-refractivity contribution < 1.29 is 9.53 Å². The minimum atomic E-state index is -0.478. The lowest BCUT2D eigenvalue weighted by Gasteiger charge is -2.10. The molecule has 0 atom stereocenters. The molecule has 0 radical (unpaired) electrons. The predicted octanol–water partition coefficient (Wildman–Crippen LogP) is 1.58. The Balaban J connectivity index is 2.73. The average Bonchev–Trinajstić information content (AvgIpc) is 2.29. The Labute approximate surface area is 98.4 Å². The second-order valence-electron chi connectivity index (χ2n) is 3.52. The molecule has 0 saturated carbocycles. The molecule has 0 spiro atoms. The number of esters is 1. The zero-order valence-electron chi connectivity index (χ0n) is 9.43. The molecule has 0 aliphatic carbocycles. The van der Waals surface area contributed by atoms with E-state index in [4.69, 9.17) is 16.2 Å². The fraction of sp³-hybridized carbons (Fsp3) is 0.167. The van der Waals surface area contributed by atoms with Crippen LogP contribution in [0.4, 0.5) is 11.6 Å². The highest BCUT2D eigenvalue weighted by Crippen LogP contribution is 2.27. The van der Waals surface area contributed by atoms with Crippen molar-refractivity contribution in [1.82, 2.24) is 4.98 Å². The van der Waals surface area contributed by atoms with Crippen molar-refractivity contribution in [3.05, 3.63) is 29.8 Å². The van der Waals surface area contributed by atoms with Crippen molar-refractivity contribution >= 4 is 28.4 Å². The highest BCUT2D eigenvalue weighted by atomic mass is 16.5. The van der Waals surface area contributed by atoms with Gasteiger partial charge in [0.15, 0.2) is 0 Å². The molecule has 1 aromatic heterocycles. The van der Waals surface area contributed by atoms with Gasteiger partial charge in [0.1, 0.15) is 17.2 Å². The molecule has 17 heavy (non-hydrogen) atoms. The Hall–Kier alpha value is -2.30. The third-order valence-corrected chi connectivity index (χ3v) is 2.45. The van der Waals surface area contributed by atoms with Gasteiger partial charge in [0.05, 0.1) is 6.61 Å². The number of carbonyl (C=O) groups is 1. The number of nitrogen functional groups attached to an aromatic ring is 2. The van der Waals surface area contributed by atoms with Gasteiger partial charge in [-0.1, -0.05) is 24.3 Å². The van der Waals surface area contributed by atoms with Crippen molar-refractivity contribution in [2.45, 2.75) is 6.92 Å². The third-order valence-electron chi connectivity index (χ3n) is 2.45. The van der Waals surface area contributed by atoms with E-state index in [2.05, 4.69) is 4.98 Å². The van der Waals surface area contributed by atoms with Gasteiger partial charge in [-0.05, 0) is 6.92 Å². The van der Waals surface area contributed by atoms with Gasteiger partial charge in [0.2, 0.25) is 0 Å². The van der Waals surface area contributed by atoms with Gasteiger partial charge < -0.3 is 16.2 Å². The number of carbonyl (C=O) groups excluding carboxylic acids is 1. The molecule has 0 fully saturated rings. The van der Waals surface area contributed by atoms with E-state index < -0.39 is 5.97 Å². The standard InChI is InChI=1S/C12H13N3O2/c1-2-17-12(16)9-7-5-3-4-6-8(7)10(13)15-11(9)14/h3-6H,2H2,1H3,(H4,13,14,15). The molecular formula is C12H13N3O2. The van der Waals surface area contributed by atoms with Gasteiger partial charge in [0, 0.05) is 10.8 Å². The number of nitrogens with two attached hydrogens (primary N) is 2. The molecular weight excluding hydrogens is 218 g/mol. The van der Waals surface area contributed by atoms with E-state index >= 15 is 0 Å². The van der Waals surface area contributed by atoms with Crippen molar-refractivity contribution in [3.8, 4) is 0 Å². The van der Waals surface area contributed by atoms with Gasteiger partial charge in [0.25, 0.3) is 0 Å². The van der Waals surface area contributed by atoms with Crippen LogP contribution in [0.5, 0.6) is 0 Å². The minimum Gasteiger partial charge on any atom is -0.462 e. The SMILES string of the molecule is CCOC(=O)c1c(N)nc(N)c2ccccc12. The number of pyridine rings is 1. The maximum absolute atomic E-state index is 11.8. The lowest BCUT2D eigenvalue weighted by Crippen LogP contribution is -2.11. The van der Waals surface area contributed by atoms with Crippen LogP contribution in [0.2, 0.25) is 0 Å². The molecule has 4 N–H and O–H groups in total. The van der Waals surface area contributed by atoms with E-state index in [1.807, 2.05) is 12.1 Å². The zero-order valence-corrected chi connectivity index (χ0v) is 9.43. The second kappa shape index (κ2) is 4.29. The molecule has 1 aromatic carbocycles. The van der Waals surface area contributed by atoms with Crippen molar-refractivity contribution in [2.24, 2.45) is 0 Å². The third kappa shape index (κ3) is 1.87. The van der Waals surface area contributed by atoms with Crippen LogP contribution in [-0.2, 0) is 4.74 Å². The quantitative estimate of drug-likeness (QED) is 0.765. The Morgan fingerprint density at radius 1 is 1.24 bits per heavy atom. The van der Waals surface area contributed by atoms with Crippen molar-refractivity contribution in [1.29, 1.82) is 0 Å². The first-order valence-corrected chi connectivity index (χ1v) is 5.26. The first kappa shape index (κ1) is 11.2. The van der Waals surface area contributed by atoms with Gasteiger partial charge in [-0.15, -0.1) is 0 Å². The second-order valence-corrected chi connectivity index (χ2v) is 3.52. The number of hydrogen-bond acceptors (Lipinski definition) is 5. The van der Waals surface area contributed by atoms with Gasteiger partial charge in [-0.25, -0.2) is 9.78 Å². The molecule has 88 valence electrons. The Morgan fingerprint density at radius 3 is 2.53 bits per heavy atom. The lowest BCUT2D eigenvalue weighted by molar-refractivity contribution is 0.0529. The number of fused-ring (bicyclic) bond motifs is 1. The minimum absolute atomic E-state index is 0.0969. The fourth-order valence-electron chi connectivity index (χ4n) is 1.73. The smallest absolute Gasteiger partial charge is 0.342 e. The number of aromatic nitrogens is 1. The van der Waals surface area contributed by atoms with E-state index in [1.165, 1.54) is 0 Å². The van der Waals surface area contributed by atoms with Crippen LogP contribution in [0, 0.1) is 0 Å².